The molecule has 1 aliphatic rings. The van der Waals surface area contributed by atoms with Gasteiger partial charge in [0, 0.05) is 23.6 Å². The maximum Gasteiger partial charge on any atom is 0.337 e. The minimum absolute atomic E-state index is 0.284. The molecular formula is C13H18N2O2S. The lowest BCUT2D eigenvalue weighted by Gasteiger charge is -2.40. The van der Waals surface area contributed by atoms with Gasteiger partial charge in [0.2, 0.25) is 0 Å². The zero-order valence-corrected chi connectivity index (χ0v) is 11.4. The minimum Gasteiger partial charge on any atom is -0.478 e. The van der Waals surface area contributed by atoms with Crippen LogP contribution in [0.15, 0.2) is 18.2 Å². The van der Waals surface area contributed by atoms with Crippen molar-refractivity contribution in [1.82, 2.24) is 0 Å². The lowest BCUT2D eigenvalue weighted by atomic mass is 10.1. The third-order valence-corrected chi connectivity index (χ3v) is 4.81. The average molecular weight is 266 g/mol. The van der Waals surface area contributed by atoms with Crippen molar-refractivity contribution >= 4 is 29.1 Å². The van der Waals surface area contributed by atoms with Gasteiger partial charge in [0.15, 0.2) is 0 Å². The fourth-order valence-corrected chi connectivity index (χ4v) is 3.40. The van der Waals surface area contributed by atoms with Crippen LogP contribution in [0.1, 0.15) is 24.2 Å². The number of nitrogens with two attached hydrogens (primary N) is 1. The van der Waals surface area contributed by atoms with Gasteiger partial charge in [-0.25, -0.2) is 4.79 Å². The molecule has 2 rings (SSSR count). The maximum atomic E-state index is 11.3. The Balaban J connectivity index is 2.46. The molecule has 1 fully saturated rings. The second-order valence-electron chi connectivity index (χ2n) is 4.56. The number of aromatic carboxylic acids is 1. The SMILES string of the molecule is CC1SCCN(c2c(N)cccc2C(=O)O)C1C. The lowest BCUT2D eigenvalue weighted by molar-refractivity contribution is 0.0697. The number of carbonyl (C=O) groups is 1. The van der Waals surface area contributed by atoms with Crippen molar-refractivity contribution in [3.63, 3.8) is 0 Å². The van der Waals surface area contributed by atoms with E-state index < -0.39 is 5.97 Å². The molecule has 1 saturated heterocycles. The number of rotatable bonds is 2. The number of hydrogen-bond acceptors (Lipinski definition) is 4. The minimum atomic E-state index is -0.921. The summed E-state index contributed by atoms with van der Waals surface area (Å²) in [5.41, 5.74) is 7.49. The fourth-order valence-electron chi connectivity index (χ4n) is 2.30. The second-order valence-corrected chi connectivity index (χ2v) is 6.04. The molecular weight excluding hydrogens is 248 g/mol. The first-order valence-corrected chi connectivity index (χ1v) is 7.07. The van der Waals surface area contributed by atoms with Crippen molar-refractivity contribution in [1.29, 1.82) is 0 Å². The molecule has 0 aromatic heterocycles. The van der Waals surface area contributed by atoms with E-state index in [4.69, 9.17) is 5.73 Å². The van der Waals surface area contributed by atoms with Crippen molar-refractivity contribution in [2.75, 3.05) is 22.9 Å². The van der Waals surface area contributed by atoms with Crippen molar-refractivity contribution < 1.29 is 9.90 Å². The van der Waals surface area contributed by atoms with Crippen LogP contribution in [-0.2, 0) is 0 Å². The molecule has 5 heteroatoms. The second kappa shape index (κ2) is 5.10. The first kappa shape index (κ1) is 13.1. The molecule has 3 N–H and O–H groups in total. The number of carboxylic acid groups (broad SMARTS) is 1. The van der Waals surface area contributed by atoms with Crippen molar-refractivity contribution in [2.45, 2.75) is 25.1 Å². The Morgan fingerprint density at radius 2 is 2.22 bits per heavy atom. The van der Waals surface area contributed by atoms with Gasteiger partial charge in [-0.3, -0.25) is 0 Å². The first-order chi connectivity index (χ1) is 8.52. The van der Waals surface area contributed by atoms with Crippen LogP contribution in [0.5, 0.6) is 0 Å². The summed E-state index contributed by atoms with van der Waals surface area (Å²) >= 11 is 1.91. The van der Waals surface area contributed by atoms with Gasteiger partial charge in [-0.05, 0) is 19.1 Å². The molecule has 1 aromatic rings. The van der Waals surface area contributed by atoms with Crippen molar-refractivity contribution in [3.05, 3.63) is 23.8 Å². The van der Waals surface area contributed by atoms with E-state index in [2.05, 4.69) is 18.7 Å². The quantitative estimate of drug-likeness (QED) is 0.804. The Kier molecular flexibility index (Phi) is 3.71. The van der Waals surface area contributed by atoms with Crippen LogP contribution in [0.2, 0.25) is 0 Å². The zero-order valence-electron chi connectivity index (χ0n) is 10.6. The van der Waals surface area contributed by atoms with Crippen LogP contribution in [0.25, 0.3) is 0 Å². The molecule has 0 bridgehead atoms. The number of hydrogen-bond donors (Lipinski definition) is 2. The molecule has 0 aliphatic carbocycles. The van der Waals surface area contributed by atoms with Crippen LogP contribution < -0.4 is 10.6 Å². The van der Waals surface area contributed by atoms with Gasteiger partial charge >= 0.3 is 5.97 Å². The average Bonchev–Trinajstić information content (AvgIpc) is 2.33. The highest BCUT2D eigenvalue weighted by molar-refractivity contribution is 8.00. The molecule has 2 unspecified atom stereocenters. The van der Waals surface area contributed by atoms with E-state index in [1.165, 1.54) is 0 Å². The van der Waals surface area contributed by atoms with E-state index >= 15 is 0 Å². The van der Waals surface area contributed by atoms with E-state index in [0.717, 1.165) is 12.3 Å². The number of nitrogens with zero attached hydrogens (tertiary/aromatic N) is 1. The van der Waals surface area contributed by atoms with Crippen molar-refractivity contribution in [3.8, 4) is 0 Å². The summed E-state index contributed by atoms with van der Waals surface area (Å²) in [6, 6.07) is 5.36. The Labute approximate surface area is 111 Å². The zero-order chi connectivity index (χ0) is 13.3. The molecule has 1 heterocycles. The van der Waals surface area contributed by atoms with Crippen LogP contribution >= 0.6 is 11.8 Å². The Hall–Kier alpha value is -1.36. The maximum absolute atomic E-state index is 11.3. The molecule has 98 valence electrons. The lowest BCUT2D eigenvalue weighted by Crippen LogP contribution is -2.45. The summed E-state index contributed by atoms with van der Waals surface area (Å²) in [4.78, 5) is 13.4. The van der Waals surface area contributed by atoms with E-state index in [9.17, 15) is 9.90 Å². The van der Waals surface area contributed by atoms with Gasteiger partial charge in [0.25, 0.3) is 0 Å². The molecule has 0 amide bonds. The van der Waals surface area contributed by atoms with E-state index in [-0.39, 0.29) is 6.04 Å². The number of nitrogen functional groups attached to an aromatic ring is 1. The fraction of sp³-hybridized carbons (Fsp3) is 0.462. The van der Waals surface area contributed by atoms with Gasteiger partial charge in [-0.15, -0.1) is 0 Å². The third kappa shape index (κ3) is 2.27. The predicted octanol–water partition coefficient (Wildman–Crippen LogP) is 2.30. The summed E-state index contributed by atoms with van der Waals surface area (Å²) < 4.78 is 0. The van der Waals surface area contributed by atoms with E-state index in [0.29, 0.717) is 22.2 Å². The van der Waals surface area contributed by atoms with Crippen LogP contribution in [0, 0.1) is 0 Å². The summed E-state index contributed by atoms with van der Waals surface area (Å²) in [5, 5.41) is 9.76. The molecule has 0 radical (unpaired) electrons. The Bertz CT molecular complexity index is 464. The standard InChI is InChI=1S/C13H18N2O2S/c1-8-9(2)18-7-6-15(8)12-10(13(16)17)4-3-5-11(12)14/h3-5,8-9H,6-7,14H2,1-2H3,(H,16,17). The molecule has 4 nitrogen and oxygen atoms in total. The topological polar surface area (TPSA) is 66.6 Å². The van der Waals surface area contributed by atoms with Gasteiger partial charge in [0.1, 0.15) is 0 Å². The summed E-state index contributed by atoms with van der Waals surface area (Å²) in [7, 11) is 0. The number of para-hydroxylation sites is 1. The smallest absolute Gasteiger partial charge is 0.337 e. The van der Waals surface area contributed by atoms with Gasteiger partial charge in [-0.2, -0.15) is 11.8 Å². The van der Waals surface area contributed by atoms with Crippen LogP contribution in [0.3, 0.4) is 0 Å². The third-order valence-electron chi connectivity index (χ3n) is 3.47. The highest BCUT2D eigenvalue weighted by atomic mass is 32.2. The number of thioether (sulfide) groups is 1. The van der Waals surface area contributed by atoms with Crippen molar-refractivity contribution in [2.24, 2.45) is 0 Å². The number of benzene rings is 1. The summed E-state index contributed by atoms with van der Waals surface area (Å²) in [6.07, 6.45) is 0. The number of carboxylic acids is 1. The Morgan fingerprint density at radius 3 is 2.89 bits per heavy atom. The summed E-state index contributed by atoms with van der Waals surface area (Å²) in [5.74, 6) is 0.0780. The largest absolute Gasteiger partial charge is 0.478 e. The van der Waals surface area contributed by atoms with Gasteiger partial charge in [-0.1, -0.05) is 13.0 Å². The number of anilines is 2. The highest BCUT2D eigenvalue weighted by Crippen LogP contribution is 2.35. The molecule has 18 heavy (non-hydrogen) atoms. The van der Waals surface area contributed by atoms with Gasteiger partial charge < -0.3 is 15.7 Å². The molecule has 1 aromatic carbocycles. The van der Waals surface area contributed by atoms with E-state index in [1.54, 1.807) is 18.2 Å². The van der Waals surface area contributed by atoms with E-state index in [1.807, 2.05) is 11.8 Å². The monoisotopic (exact) mass is 266 g/mol. The summed E-state index contributed by atoms with van der Waals surface area (Å²) in [6.45, 7) is 5.13. The Morgan fingerprint density at radius 1 is 1.50 bits per heavy atom. The van der Waals surface area contributed by atoms with Crippen LogP contribution in [0.4, 0.5) is 11.4 Å². The van der Waals surface area contributed by atoms with Gasteiger partial charge in [0.05, 0.1) is 16.9 Å². The highest BCUT2D eigenvalue weighted by Gasteiger charge is 2.29. The predicted molar refractivity (Wildman–Crippen MR) is 76.5 cm³/mol. The van der Waals surface area contributed by atoms with Crippen LogP contribution in [-0.4, -0.2) is 34.7 Å². The molecule has 0 saturated carbocycles. The molecule has 2 atom stereocenters. The molecule has 0 spiro atoms. The first-order valence-electron chi connectivity index (χ1n) is 6.02. The molecule has 1 aliphatic heterocycles. The normalized spacial score (nSPS) is 24.0.